The molecule has 0 bridgehead atoms. The summed E-state index contributed by atoms with van der Waals surface area (Å²) in [5.41, 5.74) is 2.75. The van der Waals surface area contributed by atoms with E-state index in [1.807, 2.05) is 18.5 Å². The molecular weight excluding hydrogens is 266 g/mol. The number of aromatic nitrogens is 2. The first-order chi connectivity index (χ1) is 10.2. The molecule has 0 fully saturated rings. The van der Waals surface area contributed by atoms with Crippen molar-refractivity contribution in [3.8, 4) is 0 Å². The molecule has 0 saturated carbocycles. The summed E-state index contributed by atoms with van der Waals surface area (Å²) in [6, 6.07) is 5.44. The Kier molecular flexibility index (Phi) is 3.75. The van der Waals surface area contributed by atoms with Gasteiger partial charge in [-0.3, -0.25) is 4.90 Å². The molecule has 1 aliphatic heterocycles. The number of carboxylic acids is 1. The normalized spacial score (nSPS) is 14.9. The highest BCUT2D eigenvalue weighted by Gasteiger charge is 2.19. The number of rotatable bonds is 4. The van der Waals surface area contributed by atoms with Crippen molar-refractivity contribution in [1.29, 1.82) is 0 Å². The van der Waals surface area contributed by atoms with Crippen LogP contribution in [0.15, 0.2) is 30.6 Å². The van der Waals surface area contributed by atoms with Crippen LogP contribution in [0.25, 0.3) is 0 Å². The van der Waals surface area contributed by atoms with Gasteiger partial charge in [0.2, 0.25) is 0 Å². The quantitative estimate of drug-likeness (QED) is 0.935. The van der Waals surface area contributed by atoms with Crippen molar-refractivity contribution in [2.45, 2.75) is 33.0 Å². The number of carbonyl (C=O) groups is 1. The lowest BCUT2D eigenvalue weighted by Crippen LogP contribution is -2.31. The minimum absolute atomic E-state index is 0.366. The van der Waals surface area contributed by atoms with Gasteiger partial charge in [-0.2, -0.15) is 0 Å². The molecule has 1 aliphatic rings. The van der Waals surface area contributed by atoms with Crippen LogP contribution in [0, 0.1) is 0 Å². The molecule has 0 radical (unpaired) electrons. The van der Waals surface area contributed by atoms with Crippen LogP contribution in [0.1, 0.15) is 34.2 Å². The number of fused-ring (bicyclic) bond motifs is 1. The maximum Gasteiger partial charge on any atom is 0.335 e. The molecule has 2 aromatic rings. The summed E-state index contributed by atoms with van der Waals surface area (Å²) in [6.45, 7) is 5.60. The Bertz CT molecular complexity index is 663. The lowest BCUT2D eigenvalue weighted by Gasteiger charge is -2.28. The van der Waals surface area contributed by atoms with Crippen LogP contribution in [-0.4, -0.2) is 32.1 Å². The molecule has 21 heavy (non-hydrogen) atoms. The van der Waals surface area contributed by atoms with Crippen molar-refractivity contribution < 1.29 is 9.90 Å². The van der Waals surface area contributed by atoms with Crippen molar-refractivity contribution >= 4 is 5.97 Å². The zero-order valence-corrected chi connectivity index (χ0v) is 12.1. The van der Waals surface area contributed by atoms with E-state index in [1.54, 1.807) is 12.1 Å². The van der Waals surface area contributed by atoms with Crippen LogP contribution in [0.3, 0.4) is 0 Å². The fourth-order valence-electron chi connectivity index (χ4n) is 2.86. The third-order valence-electron chi connectivity index (χ3n) is 4.05. The number of hydrogen-bond donors (Lipinski definition) is 1. The molecule has 3 rings (SSSR count). The number of aromatic carboxylic acids is 1. The molecule has 5 heteroatoms. The van der Waals surface area contributed by atoms with Crippen molar-refractivity contribution in [1.82, 2.24) is 14.5 Å². The van der Waals surface area contributed by atoms with E-state index < -0.39 is 5.97 Å². The van der Waals surface area contributed by atoms with Gasteiger partial charge in [0, 0.05) is 32.0 Å². The molecule has 0 aliphatic carbocycles. The van der Waals surface area contributed by atoms with Crippen LogP contribution >= 0.6 is 0 Å². The van der Waals surface area contributed by atoms with E-state index in [1.165, 1.54) is 5.56 Å². The fourth-order valence-corrected chi connectivity index (χ4v) is 2.86. The average Bonchev–Trinajstić information content (AvgIpc) is 2.93. The highest BCUT2D eigenvalue weighted by atomic mass is 16.4. The molecule has 0 saturated heterocycles. The first-order valence-corrected chi connectivity index (χ1v) is 7.25. The molecule has 0 amide bonds. The Hall–Kier alpha value is -2.14. The smallest absolute Gasteiger partial charge is 0.335 e. The zero-order chi connectivity index (χ0) is 14.8. The van der Waals surface area contributed by atoms with E-state index >= 15 is 0 Å². The summed E-state index contributed by atoms with van der Waals surface area (Å²) in [5, 5.41) is 9.10. The lowest BCUT2D eigenvalue weighted by molar-refractivity contribution is 0.0696. The topological polar surface area (TPSA) is 58.4 Å². The van der Waals surface area contributed by atoms with Gasteiger partial charge >= 0.3 is 5.97 Å². The monoisotopic (exact) mass is 285 g/mol. The molecule has 0 spiro atoms. The maximum absolute atomic E-state index is 11.1. The minimum Gasteiger partial charge on any atom is -0.478 e. The summed E-state index contributed by atoms with van der Waals surface area (Å²) in [7, 11) is 0. The van der Waals surface area contributed by atoms with Crippen LogP contribution in [0.2, 0.25) is 0 Å². The van der Waals surface area contributed by atoms with Gasteiger partial charge in [-0.25, -0.2) is 9.78 Å². The Morgan fingerprint density at radius 3 is 3.00 bits per heavy atom. The third kappa shape index (κ3) is 2.83. The third-order valence-corrected chi connectivity index (χ3v) is 4.05. The Morgan fingerprint density at radius 2 is 2.24 bits per heavy atom. The Morgan fingerprint density at radius 1 is 1.38 bits per heavy atom. The Balaban J connectivity index is 1.77. The van der Waals surface area contributed by atoms with E-state index in [0.717, 1.165) is 44.0 Å². The van der Waals surface area contributed by atoms with Crippen molar-refractivity contribution in [2.24, 2.45) is 0 Å². The number of imidazole rings is 1. The van der Waals surface area contributed by atoms with Crippen molar-refractivity contribution in [2.75, 3.05) is 6.54 Å². The summed E-state index contributed by atoms with van der Waals surface area (Å²) < 4.78 is 2.14. The number of hydrogen-bond acceptors (Lipinski definition) is 3. The maximum atomic E-state index is 11.1. The molecule has 1 N–H and O–H groups in total. The highest BCUT2D eigenvalue weighted by molar-refractivity contribution is 5.87. The second-order valence-corrected chi connectivity index (χ2v) is 5.38. The van der Waals surface area contributed by atoms with Crippen LogP contribution in [0.5, 0.6) is 0 Å². The van der Waals surface area contributed by atoms with Crippen LogP contribution < -0.4 is 0 Å². The average molecular weight is 285 g/mol. The van der Waals surface area contributed by atoms with Crippen LogP contribution in [0.4, 0.5) is 0 Å². The highest BCUT2D eigenvalue weighted by Crippen LogP contribution is 2.21. The standard InChI is InChI=1S/C16H19N3O2/c1-2-19-8-6-17-15(19)11-18-7-5-12-3-4-13(16(20)21)9-14(12)10-18/h3-4,6,8-9H,2,5,7,10-11H2,1H3,(H,20,21). The SMILES string of the molecule is CCn1ccnc1CN1CCc2ccc(C(=O)O)cc2C1. The van der Waals surface area contributed by atoms with Crippen LogP contribution in [-0.2, 0) is 26.1 Å². The largest absolute Gasteiger partial charge is 0.478 e. The molecule has 1 aromatic carbocycles. The van der Waals surface area contributed by atoms with Gasteiger partial charge in [0.25, 0.3) is 0 Å². The van der Waals surface area contributed by atoms with Gasteiger partial charge in [-0.05, 0) is 36.6 Å². The number of nitrogens with zero attached hydrogens (tertiary/aromatic N) is 3. The molecule has 5 nitrogen and oxygen atoms in total. The number of carboxylic acid groups (broad SMARTS) is 1. The summed E-state index contributed by atoms with van der Waals surface area (Å²) in [4.78, 5) is 17.8. The molecule has 1 aromatic heterocycles. The first-order valence-electron chi connectivity index (χ1n) is 7.25. The minimum atomic E-state index is -0.864. The van der Waals surface area contributed by atoms with Gasteiger partial charge in [-0.1, -0.05) is 6.07 Å². The Labute approximate surface area is 123 Å². The van der Waals surface area contributed by atoms with E-state index in [9.17, 15) is 4.79 Å². The van der Waals surface area contributed by atoms with E-state index in [4.69, 9.17) is 5.11 Å². The molecule has 0 atom stereocenters. The second kappa shape index (κ2) is 5.69. The van der Waals surface area contributed by atoms with Gasteiger partial charge in [0.05, 0.1) is 12.1 Å². The second-order valence-electron chi connectivity index (χ2n) is 5.38. The zero-order valence-electron chi connectivity index (χ0n) is 12.1. The number of aryl methyl sites for hydroxylation is 1. The van der Waals surface area contributed by atoms with Gasteiger partial charge < -0.3 is 9.67 Å². The van der Waals surface area contributed by atoms with Crippen molar-refractivity contribution in [3.05, 3.63) is 53.1 Å². The summed E-state index contributed by atoms with van der Waals surface area (Å²) >= 11 is 0. The van der Waals surface area contributed by atoms with Crippen molar-refractivity contribution in [3.63, 3.8) is 0 Å². The predicted octanol–water partition coefficient (Wildman–Crippen LogP) is 2.16. The number of benzene rings is 1. The van der Waals surface area contributed by atoms with E-state index in [-0.39, 0.29) is 0 Å². The van der Waals surface area contributed by atoms with E-state index in [2.05, 4.69) is 21.4 Å². The fraction of sp³-hybridized carbons (Fsp3) is 0.375. The predicted molar refractivity (Wildman–Crippen MR) is 79.1 cm³/mol. The molecule has 110 valence electrons. The van der Waals surface area contributed by atoms with E-state index in [0.29, 0.717) is 5.56 Å². The first kappa shape index (κ1) is 13.8. The van der Waals surface area contributed by atoms with Gasteiger partial charge in [0.15, 0.2) is 0 Å². The summed E-state index contributed by atoms with van der Waals surface area (Å²) in [6.07, 6.45) is 4.79. The lowest BCUT2D eigenvalue weighted by atomic mass is 9.97. The molecular formula is C16H19N3O2. The summed E-state index contributed by atoms with van der Waals surface area (Å²) in [5.74, 6) is 0.201. The molecule has 0 unspecified atom stereocenters. The van der Waals surface area contributed by atoms with Gasteiger partial charge in [0.1, 0.15) is 5.82 Å². The van der Waals surface area contributed by atoms with Gasteiger partial charge in [-0.15, -0.1) is 0 Å². The molecule has 2 heterocycles.